The number of hydrogen-bond acceptors (Lipinski definition) is 4. The lowest BCUT2D eigenvalue weighted by Crippen LogP contribution is -2.28. The Morgan fingerprint density at radius 2 is 1.75 bits per heavy atom. The first kappa shape index (κ1) is 10.1. The summed E-state index contributed by atoms with van der Waals surface area (Å²) in [6.07, 6.45) is 0. The Labute approximate surface area is 89.5 Å². The standard InChI is InChI=1S/C9H7FN4O2/c10-5-3-1-2-4-6(5)11-12-7-8(15)13-14-9(7)16/h1-4,11H,(H2,12,13,14,15,16). The Hall–Kier alpha value is -2.44. The summed E-state index contributed by atoms with van der Waals surface area (Å²) in [5.41, 5.74) is 6.18. The number of carbonyl (C=O) groups is 2. The lowest BCUT2D eigenvalue weighted by molar-refractivity contribution is -0.116. The van der Waals surface area contributed by atoms with Gasteiger partial charge in [0.2, 0.25) is 5.71 Å². The molecule has 3 N–H and O–H groups in total. The number of anilines is 1. The van der Waals surface area contributed by atoms with Gasteiger partial charge in [-0.25, -0.2) is 4.39 Å². The summed E-state index contributed by atoms with van der Waals surface area (Å²) in [4.78, 5) is 22.1. The average Bonchev–Trinajstić information content (AvgIpc) is 2.58. The summed E-state index contributed by atoms with van der Waals surface area (Å²) in [7, 11) is 0. The van der Waals surface area contributed by atoms with Gasteiger partial charge >= 0.3 is 0 Å². The van der Waals surface area contributed by atoms with Crippen molar-refractivity contribution in [2.45, 2.75) is 0 Å². The fourth-order valence-corrected chi connectivity index (χ4v) is 1.10. The molecule has 0 radical (unpaired) electrons. The van der Waals surface area contributed by atoms with Gasteiger partial charge in [-0.1, -0.05) is 12.1 Å². The molecule has 6 nitrogen and oxygen atoms in total. The van der Waals surface area contributed by atoms with Crippen LogP contribution in [0.25, 0.3) is 0 Å². The molecule has 1 saturated heterocycles. The summed E-state index contributed by atoms with van der Waals surface area (Å²) in [6.45, 7) is 0. The molecule has 82 valence electrons. The number of benzene rings is 1. The van der Waals surface area contributed by atoms with E-state index >= 15 is 0 Å². The number of halogens is 1. The third-order valence-corrected chi connectivity index (χ3v) is 1.88. The van der Waals surface area contributed by atoms with E-state index < -0.39 is 17.6 Å². The van der Waals surface area contributed by atoms with E-state index in [1.807, 2.05) is 0 Å². The van der Waals surface area contributed by atoms with Gasteiger partial charge in [-0.15, -0.1) is 0 Å². The monoisotopic (exact) mass is 222 g/mol. The lowest BCUT2D eigenvalue weighted by atomic mass is 10.3. The van der Waals surface area contributed by atoms with E-state index in [1.165, 1.54) is 18.2 Å². The molecule has 1 fully saturated rings. The van der Waals surface area contributed by atoms with Crippen molar-refractivity contribution in [3.05, 3.63) is 30.1 Å². The van der Waals surface area contributed by atoms with Gasteiger partial charge in [0.05, 0.1) is 5.69 Å². The predicted molar refractivity (Wildman–Crippen MR) is 53.7 cm³/mol. The van der Waals surface area contributed by atoms with E-state index in [2.05, 4.69) is 21.4 Å². The van der Waals surface area contributed by atoms with Crippen LogP contribution in [0, 0.1) is 5.82 Å². The van der Waals surface area contributed by atoms with E-state index in [-0.39, 0.29) is 11.4 Å². The van der Waals surface area contributed by atoms with Gasteiger partial charge in [0.1, 0.15) is 5.82 Å². The van der Waals surface area contributed by atoms with Crippen LogP contribution in [0.15, 0.2) is 29.4 Å². The van der Waals surface area contributed by atoms with Gasteiger partial charge in [0.25, 0.3) is 11.8 Å². The van der Waals surface area contributed by atoms with Gasteiger partial charge in [0.15, 0.2) is 0 Å². The van der Waals surface area contributed by atoms with Crippen LogP contribution in [-0.2, 0) is 9.59 Å². The van der Waals surface area contributed by atoms with Gasteiger partial charge < -0.3 is 0 Å². The molecule has 16 heavy (non-hydrogen) atoms. The summed E-state index contributed by atoms with van der Waals surface area (Å²) < 4.78 is 13.1. The summed E-state index contributed by atoms with van der Waals surface area (Å²) in [5.74, 6) is -1.84. The molecular formula is C9H7FN4O2. The minimum absolute atomic E-state index is 0.0856. The van der Waals surface area contributed by atoms with Crippen LogP contribution in [0.1, 0.15) is 0 Å². The number of hydrazone groups is 1. The minimum atomic E-state index is -0.658. The number of hydrogen-bond donors (Lipinski definition) is 3. The van der Waals surface area contributed by atoms with E-state index in [1.54, 1.807) is 6.07 Å². The molecule has 1 aliphatic rings. The molecule has 0 aromatic heterocycles. The molecule has 0 spiro atoms. The summed E-state index contributed by atoms with van der Waals surface area (Å²) >= 11 is 0. The van der Waals surface area contributed by atoms with Crippen LogP contribution in [0.2, 0.25) is 0 Å². The molecule has 0 saturated carbocycles. The van der Waals surface area contributed by atoms with Crippen LogP contribution in [0.4, 0.5) is 10.1 Å². The molecule has 2 rings (SSSR count). The van der Waals surface area contributed by atoms with E-state index in [4.69, 9.17) is 0 Å². The molecule has 1 aromatic carbocycles. The van der Waals surface area contributed by atoms with Crippen molar-refractivity contribution in [2.24, 2.45) is 5.10 Å². The molecule has 1 heterocycles. The second-order valence-corrected chi connectivity index (χ2v) is 2.96. The van der Waals surface area contributed by atoms with Crippen LogP contribution in [-0.4, -0.2) is 17.5 Å². The molecule has 0 aliphatic carbocycles. The fraction of sp³-hybridized carbons (Fsp3) is 0. The van der Waals surface area contributed by atoms with Gasteiger partial charge in [-0.2, -0.15) is 5.10 Å². The number of carbonyl (C=O) groups excluding carboxylic acids is 2. The third-order valence-electron chi connectivity index (χ3n) is 1.88. The fourth-order valence-electron chi connectivity index (χ4n) is 1.10. The highest BCUT2D eigenvalue weighted by Crippen LogP contribution is 2.12. The largest absolute Gasteiger partial charge is 0.295 e. The smallest absolute Gasteiger partial charge is 0.275 e. The highest BCUT2D eigenvalue weighted by Gasteiger charge is 2.27. The van der Waals surface area contributed by atoms with Crippen LogP contribution in [0.3, 0.4) is 0 Å². The molecule has 7 heteroatoms. The van der Waals surface area contributed by atoms with Gasteiger partial charge in [-0.05, 0) is 12.1 Å². The molecule has 0 bridgehead atoms. The number of nitrogens with one attached hydrogen (secondary N) is 3. The van der Waals surface area contributed by atoms with Crippen molar-refractivity contribution < 1.29 is 14.0 Å². The second-order valence-electron chi connectivity index (χ2n) is 2.96. The maximum Gasteiger partial charge on any atom is 0.295 e. The van der Waals surface area contributed by atoms with Crippen molar-refractivity contribution in [1.29, 1.82) is 0 Å². The van der Waals surface area contributed by atoms with Crippen molar-refractivity contribution in [3.8, 4) is 0 Å². The first-order valence-corrected chi connectivity index (χ1v) is 4.37. The highest BCUT2D eigenvalue weighted by atomic mass is 19.1. The lowest BCUT2D eigenvalue weighted by Gasteiger charge is -2.00. The molecule has 0 unspecified atom stereocenters. The molecule has 0 atom stereocenters. The topological polar surface area (TPSA) is 82.6 Å². The average molecular weight is 222 g/mol. The second kappa shape index (κ2) is 3.97. The normalized spacial score (nSPS) is 14.4. The minimum Gasteiger partial charge on any atom is -0.275 e. The molecular weight excluding hydrogens is 215 g/mol. The number of hydrazine groups is 1. The Bertz CT molecular complexity index is 468. The Balaban J connectivity index is 2.18. The zero-order valence-corrected chi connectivity index (χ0v) is 7.95. The van der Waals surface area contributed by atoms with Crippen LogP contribution < -0.4 is 16.3 Å². The zero-order valence-electron chi connectivity index (χ0n) is 7.95. The van der Waals surface area contributed by atoms with E-state index in [0.717, 1.165) is 0 Å². The zero-order chi connectivity index (χ0) is 11.5. The summed E-state index contributed by atoms with van der Waals surface area (Å²) in [5, 5.41) is 3.52. The SMILES string of the molecule is O=C1NNC(=O)C1=NNc1ccccc1F. The maximum atomic E-state index is 13.1. The number of nitrogens with zero attached hydrogens (tertiary/aromatic N) is 1. The first-order chi connectivity index (χ1) is 7.68. The number of rotatable bonds is 2. The van der Waals surface area contributed by atoms with Crippen molar-refractivity contribution in [2.75, 3.05) is 5.43 Å². The first-order valence-electron chi connectivity index (χ1n) is 4.37. The Morgan fingerprint density at radius 1 is 1.12 bits per heavy atom. The van der Waals surface area contributed by atoms with Crippen molar-refractivity contribution >= 4 is 23.2 Å². The molecule has 1 aliphatic heterocycles. The molecule has 2 amide bonds. The van der Waals surface area contributed by atoms with Crippen LogP contribution >= 0.6 is 0 Å². The van der Waals surface area contributed by atoms with Crippen molar-refractivity contribution in [3.63, 3.8) is 0 Å². The molecule has 1 aromatic rings. The summed E-state index contributed by atoms with van der Waals surface area (Å²) in [6, 6.07) is 5.78. The number of amides is 2. The predicted octanol–water partition coefficient (Wildman–Crippen LogP) is -0.245. The van der Waals surface area contributed by atoms with Gasteiger partial charge in [-0.3, -0.25) is 25.9 Å². The van der Waals surface area contributed by atoms with Crippen molar-refractivity contribution in [1.82, 2.24) is 10.9 Å². The number of para-hydroxylation sites is 1. The Kier molecular flexibility index (Phi) is 2.50. The maximum absolute atomic E-state index is 13.1. The third kappa shape index (κ3) is 1.83. The quantitative estimate of drug-likeness (QED) is 0.603. The van der Waals surface area contributed by atoms with Gasteiger partial charge in [0, 0.05) is 0 Å². The Morgan fingerprint density at radius 3 is 2.38 bits per heavy atom. The van der Waals surface area contributed by atoms with E-state index in [0.29, 0.717) is 0 Å². The van der Waals surface area contributed by atoms with E-state index in [9.17, 15) is 14.0 Å². The van der Waals surface area contributed by atoms with Crippen LogP contribution in [0.5, 0.6) is 0 Å². The highest BCUT2D eigenvalue weighted by molar-refractivity contribution is 6.67.